The van der Waals surface area contributed by atoms with Crippen molar-refractivity contribution in [1.29, 1.82) is 0 Å². The number of rotatable bonds is 4. The minimum absolute atomic E-state index is 0.0688. The number of benzene rings is 2. The van der Waals surface area contributed by atoms with Gasteiger partial charge in [0.05, 0.1) is 12.2 Å². The molecule has 0 saturated carbocycles. The molecule has 1 fully saturated rings. The van der Waals surface area contributed by atoms with Gasteiger partial charge in [0.1, 0.15) is 5.69 Å². The molecule has 0 spiro atoms. The van der Waals surface area contributed by atoms with E-state index >= 15 is 0 Å². The zero-order valence-electron chi connectivity index (χ0n) is 13.9. The molecule has 4 rings (SSSR count). The van der Waals surface area contributed by atoms with Gasteiger partial charge in [-0.2, -0.15) is 0 Å². The van der Waals surface area contributed by atoms with Gasteiger partial charge in [0, 0.05) is 29.8 Å². The molecule has 26 heavy (non-hydrogen) atoms. The maximum atomic E-state index is 12.5. The average molecular weight is 347 g/mol. The van der Waals surface area contributed by atoms with Crippen LogP contribution in [0.1, 0.15) is 26.8 Å². The topological polar surface area (TPSA) is 94.1 Å². The fraction of sp³-hybridized carbons (Fsp3) is 0.158. The molecule has 2 amide bonds. The third-order valence-corrected chi connectivity index (χ3v) is 4.52. The molecule has 7 nitrogen and oxygen atoms in total. The number of hydrogen-bond acceptors (Lipinski definition) is 4. The molecule has 1 saturated heterocycles. The van der Waals surface area contributed by atoms with Crippen molar-refractivity contribution < 1.29 is 9.59 Å². The molecule has 0 radical (unpaired) electrons. The van der Waals surface area contributed by atoms with Crippen molar-refractivity contribution in [1.82, 2.24) is 19.9 Å². The number of likely N-dealkylation sites (tertiary alicyclic amines) is 1. The van der Waals surface area contributed by atoms with E-state index in [1.807, 2.05) is 41.2 Å². The number of hydrogen-bond donors (Lipinski definition) is 1. The summed E-state index contributed by atoms with van der Waals surface area (Å²) in [5, 5.41) is 8.40. The monoisotopic (exact) mass is 347 g/mol. The zero-order chi connectivity index (χ0) is 18.1. The van der Waals surface area contributed by atoms with Crippen molar-refractivity contribution in [3.8, 4) is 11.3 Å². The second-order valence-corrected chi connectivity index (χ2v) is 6.26. The molecule has 2 N–H and O–H groups in total. The Morgan fingerprint density at radius 1 is 0.962 bits per heavy atom. The summed E-state index contributed by atoms with van der Waals surface area (Å²) in [7, 11) is 0. The molecule has 7 heteroatoms. The van der Waals surface area contributed by atoms with Crippen LogP contribution < -0.4 is 5.73 Å². The number of amides is 2. The summed E-state index contributed by atoms with van der Waals surface area (Å²) in [6, 6.07) is 16.3. The van der Waals surface area contributed by atoms with Crippen molar-refractivity contribution in [2.24, 2.45) is 5.73 Å². The van der Waals surface area contributed by atoms with Crippen molar-refractivity contribution in [2.75, 3.05) is 13.1 Å². The third-order valence-electron chi connectivity index (χ3n) is 4.52. The summed E-state index contributed by atoms with van der Waals surface area (Å²) in [6.07, 6.45) is 1.91. The Labute approximate surface area is 150 Å². The summed E-state index contributed by atoms with van der Waals surface area (Å²) in [5.74, 6) is -0.575. The number of carbonyl (C=O) groups is 2. The van der Waals surface area contributed by atoms with Gasteiger partial charge in [-0.15, -0.1) is 5.10 Å². The zero-order valence-corrected chi connectivity index (χ0v) is 13.9. The van der Waals surface area contributed by atoms with Gasteiger partial charge >= 0.3 is 0 Å². The Hall–Kier alpha value is -3.48. The molecule has 130 valence electrons. The van der Waals surface area contributed by atoms with E-state index in [1.54, 1.807) is 29.2 Å². The first kappa shape index (κ1) is 16.0. The van der Waals surface area contributed by atoms with Crippen LogP contribution in [0.2, 0.25) is 0 Å². The van der Waals surface area contributed by atoms with E-state index in [9.17, 15) is 9.59 Å². The lowest BCUT2D eigenvalue weighted by Gasteiger charge is -2.38. The van der Waals surface area contributed by atoms with Gasteiger partial charge in [-0.1, -0.05) is 35.5 Å². The van der Waals surface area contributed by atoms with E-state index in [0.29, 0.717) is 24.2 Å². The first-order valence-electron chi connectivity index (χ1n) is 8.28. The van der Waals surface area contributed by atoms with Gasteiger partial charge in [-0.25, -0.2) is 4.68 Å². The Morgan fingerprint density at radius 3 is 2.27 bits per heavy atom. The van der Waals surface area contributed by atoms with Crippen molar-refractivity contribution in [2.45, 2.75) is 6.04 Å². The van der Waals surface area contributed by atoms with E-state index < -0.39 is 5.91 Å². The molecule has 1 aliphatic rings. The quantitative estimate of drug-likeness (QED) is 0.778. The second kappa shape index (κ2) is 6.44. The Bertz CT molecular complexity index is 944. The molecule has 3 aromatic rings. The maximum absolute atomic E-state index is 12.5. The molecular formula is C19H17N5O2. The van der Waals surface area contributed by atoms with Crippen LogP contribution in [0, 0.1) is 0 Å². The van der Waals surface area contributed by atoms with Gasteiger partial charge < -0.3 is 10.6 Å². The van der Waals surface area contributed by atoms with Crippen LogP contribution in [0.3, 0.4) is 0 Å². The average Bonchev–Trinajstić information content (AvgIpc) is 3.11. The molecule has 1 aromatic heterocycles. The SMILES string of the molecule is NC(=O)c1ccc(C(=O)N2CC(n3cc(-c4ccccc4)nn3)C2)cc1. The van der Waals surface area contributed by atoms with Crippen LogP contribution in [-0.2, 0) is 0 Å². The van der Waals surface area contributed by atoms with Crippen LogP contribution in [0.25, 0.3) is 11.3 Å². The van der Waals surface area contributed by atoms with E-state index in [2.05, 4.69) is 10.3 Å². The fourth-order valence-electron chi connectivity index (χ4n) is 2.94. The summed E-state index contributed by atoms with van der Waals surface area (Å²) >= 11 is 0. The highest BCUT2D eigenvalue weighted by Gasteiger charge is 2.33. The maximum Gasteiger partial charge on any atom is 0.253 e. The molecule has 2 aromatic carbocycles. The van der Waals surface area contributed by atoms with Gasteiger partial charge in [0.15, 0.2) is 0 Å². The number of carbonyl (C=O) groups excluding carboxylic acids is 2. The highest BCUT2D eigenvalue weighted by atomic mass is 16.2. The molecule has 2 heterocycles. The lowest BCUT2D eigenvalue weighted by atomic mass is 10.1. The van der Waals surface area contributed by atoms with Crippen LogP contribution in [0.5, 0.6) is 0 Å². The van der Waals surface area contributed by atoms with Crippen LogP contribution in [0.15, 0.2) is 60.8 Å². The lowest BCUT2D eigenvalue weighted by Crippen LogP contribution is -2.50. The second-order valence-electron chi connectivity index (χ2n) is 6.26. The summed E-state index contributed by atoms with van der Waals surface area (Å²) in [4.78, 5) is 25.3. The smallest absolute Gasteiger partial charge is 0.253 e. The van der Waals surface area contributed by atoms with E-state index in [0.717, 1.165) is 11.3 Å². The summed E-state index contributed by atoms with van der Waals surface area (Å²) in [6.45, 7) is 1.15. The van der Waals surface area contributed by atoms with Crippen LogP contribution >= 0.6 is 0 Å². The standard InChI is InChI=1S/C19H17N5O2/c20-18(25)14-6-8-15(9-7-14)19(26)23-10-16(11-23)24-12-17(21-22-24)13-4-2-1-3-5-13/h1-9,12,16H,10-11H2,(H2,20,25). The summed E-state index contributed by atoms with van der Waals surface area (Å²) < 4.78 is 1.81. The minimum atomic E-state index is -0.506. The van der Waals surface area contributed by atoms with E-state index in [1.165, 1.54) is 0 Å². The number of primary amides is 1. The van der Waals surface area contributed by atoms with Gasteiger partial charge in [0.25, 0.3) is 5.91 Å². The molecule has 0 bridgehead atoms. The van der Waals surface area contributed by atoms with Gasteiger partial charge in [-0.05, 0) is 24.3 Å². The molecule has 1 aliphatic heterocycles. The van der Waals surface area contributed by atoms with Crippen molar-refractivity contribution in [3.63, 3.8) is 0 Å². The van der Waals surface area contributed by atoms with Crippen LogP contribution in [0.4, 0.5) is 0 Å². The van der Waals surface area contributed by atoms with Gasteiger partial charge in [0.2, 0.25) is 5.91 Å². The Kier molecular flexibility index (Phi) is 3.96. The first-order chi connectivity index (χ1) is 12.6. The third kappa shape index (κ3) is 2.95. The number of aromatic nitrogens is 3. The predicted molar refractivity (Wildman–Crippen MR) is 95.4 cm³/mol. The lowest BCUT2D eigenvalue weighted by molar-refractivity contribution is 0.0498. The highest BCUT2D eigenvalue weighted by Crippen LogP contribution is 2.24. The summed E-state index contributed by atoms with van der Waals surface area (Å²) in [5.41, 5.74) is 7.97. The molecule has 0 aliphatic carbocycles. The number of nitrogens with zero attached hydrogens (tertiary/aromatic N) is 4. The fourth-order valence-corrected chi connectivity index (χ4v) is 2.94. The minimum Gasteiger partial charge on any atom is -0.366 e. The van der Waals surface area contributed by atoms with Crippen molar-refractivity contribution >= 4 is 11.8 Å². The van der Waals surface area contributed by atoms with Crippen molar-refractivity contribution in [3.05, 3.63) is 71.9 Å². The first-order valence-corrected chi connectivity index (χ1v) is 8.28. The molecular weight excluding hydrogens is 330 g/mol. The Morgan fingerprint density at radius 2 is 1.62 bits per heavy atom. The van der Waals surface area contributed by atoms with E-state index in [4.69, 9.17) is 5.73 Å². The highest BCUT2D eigenvalue weighted by molar-refractivity contribution is 5.97. The van der Waals surface area contributed by atoms with E-state index in [-0.39, 0.29) is 11.9 Å². The largest absolute Gasteiger partial charge is 0.366 e. The normalized spacial score (nSPS) is 14.1. The number of nitrogens with two attached hydrogens (primary N) is 1. The van der Waals surface area contributed by atoms with Gasteiger partial charge in [-0.3, -0.25) is 9.59 Å². The molecule has 0 atom stereocenters. The predicted octanol–water partition coefficient (Wildman–Crippen LogP) is 1.74. The Balaban J connectivity index is 1.40. The van der Waals surface area contributed by atoms with Crippen LogP contribution in [-0.4, -0.2) is 44.8 Å². The molecule has 0 unspecified atom stereocenters.